The van der Waals surface area contributed by atoms with Crippen molar-refractivity contribution in [1.82, 2.24) is 15.1 Å². The zero-order chi connectivity index (χ0) is 25.7. The van der Waals surface area contributed by atoms with Crippen LogP contribution in [0.3, 0.4) is 0 Å². The molecule has 1 aliphatic heterocycles. The first-order valence-electron chi connectivity index (χ1n) is 13.2. The quantitative estimate of drug-likeness (QED) is 0.594. The predicted molar refractivity (Wildman–Crippen MR) is 130 cm³/mol. The van der Waals surface area contributed by atoms with Gasteiger partial charge in [0.2, 0.25) is 5.91 Å². The van der Waals surface area contributed by atoms with E-state index in [9.17, 15) is 28.7 Å². The molecule has 1 aromatic carbocycles. The van der Waals surface area contributed by atoms with Crippen molar-refractivity contribution < 1.29 is 28.7 Å². The van der Waals surface area contributed by atoms with Gasteiger partial charge in [-0.05, 0) is 55.9 Å². The van der Waals surface area contributed by atoms with Gasteiger partial charge in [0.15, 0.2) is 6.17 Å². The molecule has 4 rings (SSSR count). The van der Waals surface area contributed by atoms with Gasteiger partial charge in [-0.15, -0.1) is 0 Å². The molecule has 3 amide bonds. The van der Waals surface area contributed by atoms with E-state index in [2.05, 4.69) is 5.32 Å². The van der Waals surface area contributed by atoms with Gasteiger partial charge in [0, 0.05) is 30.6 Å². The summed E-state index contributed by atoms with van der Waals surface area (Å²) in [6.07, 6.45) is 7.92. The largest absolute Gasteiger partial charge is 0.481 e. The molecule has 1 saturated heterocycles. The highest BCUT2D eigenvalue weighted by Crippen LogP contribution is 2.31. The van der Waals surface area contributed by atoms with Crippen LogP contribution in [0.2, 0.25) is 0 Å². The van der Waals surface area contributed by atoms with Gasteiger partial charge in [0.1, 0.15) is 5.82 Å². The van der Waals surface area contributed by atoms with Gasteiger partial charge in [0.05, 0.1) is 6.42 Å². The minimum Gasteiger partial charge on any atom is -0.481 e. The Balaban J connectivity index is 1.59. The molecule has 0 radical (unpaired) electrons. The van der Waals surface area contributed by atoms with E-state index in [0.717, 1.165) is 64.2 Å². The molecule has 3 fully saturated rings. The first-order chi connectivity index (χ1) is 17.3. The molecule has 8 nitrogen and oxygen atoms in total. The summed E-state index contributed by atoms with van der Waals surface area (Å²) >= 11 is 0. The smallest absolute Gasteiger partial charge is 0.305 e. The molecule has 1 heterocycles. The Morgan fingerprint density at radius 1 is 0.889 bits per heavy atom. The van der Waals surface area contributed by atoms with Crippen LogP contribution in [0, 0.1) is 17.7 Å². The Kier molecular flexibility index (Phi) is 8.59. The number of aliphatic carboxylic acids is 1. The maximum atomic E-state index is 13.7. The van der Waals surface area contributed by atoms with E-state index in [1.807, 2.05) is 0 Å². The number of amides is 3. The Morgan fingerprint density at radius 2 is 1.47 bits per heavy atom. The van der Waals surface area contributed by atoms with Gasteiger partial charge in [-0.2, -0.15) is 0 Å². The van der Waals surface area contributed by atoms with Crippen LogP contribution in [0.1, 0.15) is 81.0 Å². The standard InChI is InChI=1S/C27H36FN3O5/c28-21-13-11-20(12-14-21)27(36)31-16-15-30(26(35)19-9-5-2-6-10-19)25(31)24(34)29-22(17-23(32)33)18-7-3-1-4-8-18/h11-14,18-19,22,25H,1-10,15-17H2,(H,29,34)(H,32,33). The number of rotatable bonds is 7. The zero-order valence-electron chi connectivity index (χ0n) is 20.7. The third-order valence-corrected chi connectivity index (χ3v) is 7.94. The third-order valence-electron chi connectivity index (χ3n) is 7.94. The summed E-state index contributed by atoms with van der Waals surface area (Å²) in [4.78, 5) is 55.1. The Bertz CT molecular complexity index is 957. The number of nitrogens with zero attached hydrogens (tertiary/aromatic N) is 2. The van der Waals surface area contributed by atoms with Gasteiger partial charge in [-0.3, -0.25) is 19.2 Å². The second-order valence-corrected chi connectivity index (χ2v) is 10.4. The van der Waals surface area contributed by atoms with Crippen molar-refractivity contribution in [1.29, 1.82) is 0 Å². The van der Waals surface area contributed by atoms with Crippen molar-refractivity contribution in [2.45, 2.75) is 82.8 Å². The van der Waals surface area contributed by atoms with E-state index in [1.54, 1.807) is 0 Å². The molecule has 2 saturated carbocycles. The molecule has 2 unspecified atom stereocenters. The van der Waals surface area contributed by atoms with Crippen LogP contribution in [-0.4, -0.2) is 63.9 Å². The van der Waals surface area contributed by atoms with Crippen molar-refractivity contribution >= 4 is 23.7 Å². The van der Waals surface area contributed by atoms with Crippen molar-refractivity contribution in [2.24, 2.45) is 11.8 Å². The average Bonchev–Trinajstić information content (AvgIpc) is 3.34. The second kappa shape index (κ2) is 11.8. The fourth-order valence-corrected chi connectivity index (χ4v) is 6.01. The number of halogens is 1. The first-order valence-corrected chi connectivity index (χ1v) is 13.2. The van der Waals surface area contributed by atoms with Gasteiger partial charge in [-0.25, -0.2) is 4.39 Å². The molecule has 1 aromatic rings. The summed E-state index contributed by atoms with van der Waals surface area (Å²) in [7, 11) is 0. The number of hydrogen-bond donors (Lipinski definition) is 2. The SMILES string of the molecule is O=C(O)CC(NC(=O)C1N(C(=O)c2ccc(F)cc2)CCN1C(=O)C1CCCCC1)C1CCCCC1. The monoisotopic (exact) mass is 501 g/mol. The summed E-state index contributed by atoms with van der Waals surface area (Å²) in [5, 5.41) is 12.4. The maximum absolute atomic E-state index is 13.7. The molecule has 3 aliphatic rings. The van der Waals surface area contributed by atoms with E-state index in [-0.39, 0.29) is 42.8 Å². The van der Waals surface area contributed by atoms with E-state index < -0.39 is 35.8 Å². The minimum absolute atomic E-state index is 0.0453. The number of carbonyl (C=O) groups is 4. The number of carboxylic acid groups (broad SMARTS) is 1. The molecule has 0 aromatic heterocycles. The van der Waals surface area contributed by atoms with Crippen molar-refractivity contribution in [3.05, 3.63) is 35.6 Å². The van der Waals surface area contributed by atoms with E-state index >= 15 is 0 Å². The van der Waals surface area contributed by atoms with Gasteiger partial charge in [-0.1, -0.05) is 38.5 Å². The lowest BCUT2D eigenvalue weighted by Gasteiger charge is -2.35. The summed E-state index contributed by atoms with van der Waals surface area (Å²) in [6, 6.07) is 4.55. The molecule has 9 heteroatoms. The highest BCUT2D eigenvalue weighted by atomic mass is 19.1. The number of nitrogens with one attached hydrogen (secondary N) is 1. The van der Waals surface area contributed by atoms with Crippen molar-refractivity contribution in [3.63, 3.8) is 0 Å². The van der Waals surface area contributed by atoms with Crippen molar-refractivity contribution in [3.8, 4) is 0 Å². The molecular formula is C27H36FN3O5. The fourth-order valence-electron chi connectivity index (χ4n) is 6.01. The molecule has 36 heavy (non-hydrogen) atoms. The number of carboxylic acids is 1. The highest BCUT2D eigenvalue weighted by molar-refractivity contribution is 5.99. The van der Waals surface area contributed by atoms with Crippen LogP contribution >= 0.6 is 0 Å². The van der Waals surface area contributed by atoms with E-state index in [4.69, 9.17) is 0 Å². The third kappa shape index (κ3) is 6.05. The first kappa shape index (κ1) is 26.1. The van der Waals surface area contributed by atoms with Crippen LogP contribution in [0.4, 0.5) is 4.39 Å². The van der Waals surface area contributed by atoms with Gasteiger partial charge in [0.25, 0.3) is 11.8 Å². The Morgan fingerprint density at radius 3 is 2.08 bits per heavy atom. The number of benzene rings is 1. The molecule has 0 bridgehead atoms. The molecule has 196 valence electrons. The van der Waals surface area contributed by atoms with Gasteiger partial charge >= 0.3 is 5.97 Å². The van der Waals surface area contributed by atoms with Crippen LogP contribution in [0.25, 0.3) is 0 Å². The highest BCUT2D eigenvalue weighted by Gasteiger charge is 2.45. The van der Waals surface area contributed by atoms with Crippen LogP contribution in [0.5, 0.6) is 0 Å². The van der Waals surface area contributed by atoms with Gasteiger partial charge < -0.3 is 20.2 Å². The normalized spacial score (nSPS) is 22.3. The fraction of sp³-hybridized carbons (Fsp3) is 0.630. The Hall–Kier alpha value is -2.97. The molecular weight excluding hydrogens is 465 g/mol. The summed E-state index contributed by atoms with van der Waals surface area (Å²) in [5.74, 6) is -2.71. The second-order valence-electron chi connectivity index (χ2n) is 10.4. The topological polar surface area (TPSA) is 107 Å². The lowest BCUT2D eigenvalue weighted by atomic mass is 9.82. The number of hydrogen-bond acceptors (Lipinski definition) is 4. The summed E-state index contributed by atoms with van der Waals surface area (Å²) in [6.45, 7) is 0.410. The van der Waals surface area contributed by atoms with Crippen LogP contribution in [0.15, 0.2) is 24.3 Å². The Labute approximate surface area is 211 Å². The maximum Gasteiger partial charge on any atom is 0.305 e. The summed E-state index contributed by atoms with van der Waals surface area (Å²) < 4.78 is 13.4. The average molecular weight is 502 g/mol. The zero-order valence-corrected chi connectivity index (χ0v) is 20.7. The summed E-state index contributed by atoms with van der Waals surface area (Å²) in [5.41, 5.74) is 0.232. The predicted octanol–water partition coefficient (Wildman–Crippen LogP) is 3.56. The lowest BCUT2D eigenvalue weighted by Crippen LogP contribution is -2.57. The molecule has 2 N–H and O–H groups in total. The minimum atomic E-state index is -1.16. The lowest BCUT2D eigenvalue weighted by molar-refractivity contribution is -0.146. The van der Waals surface area contributed by atoms with Crippen LogP contribution in [-0.2, 0) is 14.4 Å². The molecule has 2 atom stereocenters. The van der Waals surface area contributed by atoms with E-state index in [1.165, 1.54) is 34.1 Å². The van der Waals surface area contributed by atoms with Crippen LogP contribution < -0.4 is 5.32 Å². The molecule has 2 aliphatic carbocycles. The number of carbonyl (C=O) groups excluding carboxylic acids is 3. The molecule has 0 spiro atoms. The van der Waals surface area contributed by atoms with E-state index in [0.29, 0.717) is 0 Å². The van der Waals surface area contributed by atoms with Crippen molar-refractivity contribution in [2.75, 3.05) is 13.1 Å².